The van der Waals surface area contributed by atoms with Gasteiger partial charge in [0.2, 0.25) is 17.6 Å². The van der Waals surface area contributed by atoms with E-state index in [4.69, 9.17) is 9.52 Å². The average Bonchev–Trinajstić information content (AvgIpc) is 2.99. The zero-order chi connectivity index (χ0) is 17.2. The largest absolute Gasteiger partial charge is 0.475 e. The van der Waals surface area contributed by atoms with Crippen molar-refractivity contribution >= 4 is 17.8 Å². The van der Waals surface area contributed by atoms with Crippen LogP contribution in [-0.2, 0) is 16.1 Å². The number of amides is 2. The Morgan fingerprint density at radius 1 is 1.13 bits per heavy atom. The minimum Gasteiger partial charge on any atom is -0.475 e. The van der Waals surface area contributed by atoms with Crippen LogP contribution in [0.4, 0.5) is 0 Å². The molecule has 0 atom stereocenters. The van der Waals surface area contributed by atoms with Crippen molar-refractivity contribution in [3.8, 4) is 0 Å². The Kier molecular flexibility index (Phi) is 7.87. The van der Waals surface area contributed by atoms with Gasteiger partial charge in [0.05, 0.1) is 6.54 Å². The topological polar surface area (TPSA) is 99.9 Å². The van der Waals surface area contributed by atoms with E-state index in [1.54, 1.807) is 4.90 Å². The molecule has 1 rings (SSSR count). The first kappa shape index (κ1) is 18.7. The third-order valence-corrected chi connectivity index (χ3v) is 3.24. The fourth-order valence-electron chi connectivity index (χ4n) is 2.14. The fourth-order valence-corrected chi connectivity index (χ4v) is 2.14. The van der Waals surface area contributed by atoms with Crippen molar-refractivity contribution in [3.05, 3.63) is 23.7 Å². The molecular weight excluding hydrogens is 300 g/mol. The zero-order valence-electron chi connectivity index (χ0n) is 13.6. The lowest BCUT2D eigenvalue weighted by atomic mass is 10.2. The van der Waals surface area contributed by atoms with E-state index in [1.165, 1.54) is 12.1 Å². The third-order valence-electron chi connectivity index (χ3n) is 3.24. The van der Waals surface area contributed by atoms with E-state index in [0.717, 1.165) is 12.8 Å². The van der Waals surface area contributed by atoms with Crippen molar-refractivity contribution in [2.24, 2.45) is 0 Å². The van der Waals surface area contributed by atoms with Gasteiger partial charge in [-0.2, -0.15) is 0 Å². The molecule has 0 aromatic carbocycles. The van der Waals surface area contributed by atoms with Gasteiger partial charge in [-0.05, 0) is 25.0 Å². The van der Waals surface area contributed by atoms with E-state index in [2.05, 4.69) is 5.32 Å². The molecule has 7 heteroatoms. The Balaban J connectivity index is 2.35. The average molecular weight is 324 g/mol. The normalized spacial score (nSPS) is 10.3. The number of hydrogen-bond acceptors (Lipinski definition) is 4. The van der Waals surface area contributed by atoms with E-state index >= 15 is 0 Å². The summed E-state index contributed by atoms with van der Waals surface area (Å²) in [7, 11) is 0. The van der Waals surface area contributed by atoms with E-state index in [9.17, 15) is 14.4 Å². The Hall–Kier alpha value is -2.31. The highest BCUT2D eigenvalue weighted by molar-refractivity contribution is 5.84. The standard InChI is InChI=1S/C16H24N2O5/c1-3-9-18(10-4-2)15(20)8-7-14(19)17-11-12-5-6-13(23-12)16(21)22/h5-6H,3-4,7-11H2,1-2H3,(H,17,19)(H,21,22). The van der Waals surface area contributed by atoms with E-state index < -0.39 is 5.97 Å². The Bertz CT molecular complexity index is 532. The fraction of sp³-hybridized carbons (Fsp3) is 0.562. The van der Waals surface area contributed by atoms with Crippen LogP contribution in [0.3, 0.4) is 0 Å². The molecular formula is C16H24N2O5. The first-order valence-corrected chi connectivity index (χ1v) is 7.84. The molecule has 0 saturated carbocycles. The van der Waals surface area contributed by atoms with Gasteiger partial charge in [-0.15, -0.1) is 0 Å². The predicted molar refractivity (Wildman–Crippen MR) is 83.9 cm³/mol. The molecule has 0 unspecified atom stereocenters. The molecule has 1 heterocycles. The van der Waals surface area contributed by atoms with Gasteiger partial charge < -0.3 is 19.7 Å². The van der Waals surface area contributed by atoms with Gasteiger partial charge in [0.25, 0.3) is 0 Å². The minimum atomic E-state index is -1.15. The maximum Gasteiger partial charge on any atom is 0.371 e. The second-order valence-corrected chi connectivity index (χ2v) is 5.23. The van der Waals surface area contributed by atoms with E-state index in [1.807, 2.05) is 13.8 Å². The molecule has 0 spiro atoms. The van der Waals surface area contributed by atoms with Crippen LogP contribution < -0.4 is 5.32 Å². The molecule has 23 heavy (non-hydrogen) atoms. The summed E-state index contributed by atoms with van der Waals surface area (Å²) in [6.45, 7) is 5.54. The van der Waals surface area contributed by atoms with Gasteiger partial charge in [0, 0.05) is 25.9 Å². The number of aromatic carboxylic acids is 1. The number of carbonyl (C=O) groups is 3. The van der Waals surface area contributed by atoms with E-state index in [-0.39, 0.29) is 37.0 Å². The van der Waals surface area contributed by atoms with Crippen molar-refractivity contribution in [3.63, 3.8) is 0 Å². The van der Waals surface area contributed by atoms with Crippen LogP contribution in [0.1, 0.15) is 55.8 Å². The van der Waals surface area contributed by atoms with Crippen LogP contribution >= 0.6 is 0 Å². The number of furan rings is 1. The highest BCUT2D eigenvalue weighted by Crippen LogP contribution is 2.08. The summed E-state index contributed by atoms with van der Waals surface area (Å²) in [5.74, 6) is -1.24. The van der Waals surface area contributed by atoms with Crippen molar-refractivity contribution in [2.75, 3.05) is 13.1 Å². The second kappa shape index (κ2) is 9.66. The van der Waals surface area contributed by atoms with E-state index in [0.29, 0.717) is 18.8 Å². The van der Waals surface area contributed by atoms with Gasteiger partial charge in [-0.1, -0.05) is 13.8 Å². The molecule has 0 aliphatic carbocycles. The van der Waals surface area contributed by atoms with Crippen LogP contribution in [0, 0.1) is 0 Å². The third kappa shape index (κ3) is 6.54. The first-order valence-electron chi connectivity index (χ1n) is 7.84. The number of rotatable bonds is 10. The van der Waals surface area contributed by atoms with Gasteiger partial charge in [-0.3, -0.25) is 9.59 Å². The molecule has 2 N–H and O–H groups in total. The molecule has 0 bridgehead atoms. The van der Waals surface area contributed by atoms with Crippen LogP contribution in [0.5, 0.6) is 0 Å². The molecule has 1 aromatic heterocycles. The maximum absolute atomic E-state index is 12.0. The molecule has 128 valence electrons. The minimum absolute atomic E-state index is 0.0185. The van der Waals surface area contributed by atoms with Gasteiger partial charge in [-0.25, -0.2) is 4.79 Å². The number of nitrogens with one attached hydrogen (secondary N) is 1. The maximum atomic E-state index is 12.0. The highest BCUT2D eigenvalue weighted by Gasteiger charge is 2.14. The molecule has 0 aliphatic heterocycles. The van der Waals surface area contributed by atoms with Crippen molar-refractivity contribution in [1.29, 1.82) is 0 Å². The summed E-state index contributed by atoms with van der Waals surface area (Å²) < 4.78 is 5.03. The summed E-state index contributed by atoms with van der Waals surface area (Å²) >= 11 is 0. The summed E-state index contributed by atoms with van der Waals surface area (Å²) in [4.78, 5) is 36.3. The van der Waals surface area contributed by atoms with Gasteiger partial charge in [0.15, 0.2) is 0 Å². The molecule has 1 aromatic rings. The monoisotopic (exact) mass is 324 g/mol. The summed E-state index contributed by atoms with van der Waals surface area (Å²) in [6.07, 6.45) is 2.06. The Morgan fingerprint density at radius 3 is 2.30 bits per heavy atom. The van der Waals surface area contributed by atoms with Crippen molar-refractivity contribution in [2.45, 2.75) is 46.1 Å². The quantitative estimate of drug-likeness (QED) is 0.686. The molecule has 7 nitrogen and oxygen atoms in total. The zero-order valence-corrected chi connectivity index (χ0v) is 13.6. The SMILES string of the molecule is CCCN(CCC)C(=O)CCC(=O)NCc1ccc(C(=O)O)o1. The van der Waals surface area contributed by atoms with Crippen LogP contribution in [0.25, 0.3) is 0 Å². The predicted octanol–water partition coefficient (Wildman–Crippen LogP) is 2.02. The van der Waals surface area contributed by atoms with Crippen molar-refractivity contribution in [1.82, 2.24) is 10.2 Å². The van der Waals surface area contributed by atoms with Gasteiger partial charge in [0.1, 0.15) is 5.76 Å². The first-order chi connectivity index (χ1) is 11.0. The lowest BCUT2D eigenvalue weighted by molar-refractivity contribution is -0.133. The number of hydrogen-bond donors (Lipinski definition) is 2. The molecule has 0 fully saturated rings. The van der Waals surface area contributed by atoms with Crippen LogP contribution in [0.15, 0.2) is 16.5 Å². The second-order valence-electron chi connectivity index (χ2n) is 5.23. The summed E-state index contributed by atoms with van der Waals surface area (Å²) in [5, 5.41) is 11.4. The molecule has 0 saturated heterocycles. The molecule has 0 radical (unpaired) electrons. The Morgan fingerprint density at radius 2 is 1.78 bits per heavy atom. The highest BCUT2D eigenvalue weighted by atomic mass is 16.4. The molecule has 0 aliphatic rings. The van der Waals surface area contributed by atoms with Crippen molar-refractivity contribution < 1.29 is 23.9 Å². The smallest absolute Gasteiger partial charge is 0.371 e. The van der Waals surface area contributed by atoms with Crippen LogP contribution in [0.2, 0.25) is 0 Å². The summed E-state index contributed by atoms with van der Waals surface area (Å²) in [5.41, 5.74) is 0. The number of carboxylic acids is 1. The van der Waals surface area contributed by atoms with Gasteiger partial charge >= 0.3 is 5.97 Å². The van der Waals surface area contributed by atoms with Crippen LogP contribution in [-0.4, -0.2) is 40.9 Å². The number of carboxylic acid groups (broad SMARTS) is 1. The summed E-state index contributed by atoms with van der Waals surface area (Å²) in [6, 6.07) is 2.83. The number of carbonyl (C=O) groups excluding carboxylic acids is 2. The number of nitrogens with zero attached hydrogens (tertiary/aromatic N) is 1. The Labute approximate surface area is 135 Å². The molecule has 2 amide bonds. The lowest BCUT2D eigenvalue weighted by Gasteiger charge is -2.21. The lowest BCUT2D eigenvalue weighted by Crippen LogP contribution is -2.33.